The molecule has 3 heterocycles. The molecule has 194 valence electrons. The monoisotopic (exact) mass is 545 g/mol. The van der Waals surface area contributed by atoms with Crippen LogP contribution in [0.5, 0.6) is 0 Å². The molecule has 1 aliphatic carbocycles. The number of rotatable bonds is 11. The van der Waals surface area contributed by atoms with Gasteiger partial charge in [0.2, 0.25) is 10.0 Å². The molecule has 2 fully saturated rings. The Morgan fingerprint density at radius 2 is 1.97 bits per heavy atom. The number of aldehydes is 1. The molecule has 2 atom stereocenters. The van der Waals surface area contributed by atoms with Crippen molar-refractivity contribution in [3.63, 3.8) is 0 Å². The van der Waals surface area contributed by atoms with Gasteiger partial charge in [0.1, 0.15) is 16.6 Å². The van der Waals surface area contributed by atoms with E-state index < -0.39 is 21.3 Å². The lowest BCUT2D eigenvalue weighted by Gasteiger charge is -2.25. The average Bonchev–Trinajstić information content (AvgIpc) is 3.17. The summed E-state index contributed by atoms with van der Waals surface area (Å²) in [6, 6.07) is 1.13. The van der Waals surface area contributed by atoms with Crippen LogP contribution in [-0.2, 0) is 37.3 Å². The summed E-state index contributed by atoms with van der Waals surface area (Å²) in [4.78, 5) is 15.6. The van der Waals surface area contributed by atoms with Crippen molar-refractivity contribution in [2.24, 2.45) is 0 Å². The fourth-order valence-electron chi connectivity index (χ4n) is 5.02. The van der Waals surface area contributed by atoms with E-state index in [0.717, 1.165) is 61.3 Å². The van der Waals surface area contributed by atoms with E-state index in [-0.39, 0.29) is 29.6 Å². The second kappa shape index (κ2) is 12.3. The third-order valence-electron chi connectivity index (χ3n) is 6.80. The standard InChI is InChI=1S/C24H33Cl2N3O5S/c25-21-14-20-23(24(26)27-21)17(10-13-34-22-8-4-5-12-33-22)15-29(20)16-18(9-11-30)28-35(31,32)19-6-2-1-3-7-19/h11,14-15,18-19,22,28H,1-10,12-13,16H2/t18-,22?/m1/s1. The van der Waals surface area contributed by atoms with Crippen LogP contribution in [0, 0.1) is 0 Å². The van der Waals surface area contributed by atoms with Gasteiger partial charge in [0.05, 0.1) is 17.4 Å². The number of nitrogens with one attached hydrogen (secondary N) is 1. The maximum absolute atomic E-state index is 13.0. The van der Waals surface area contributed by atoms with E-state index in [1.54, 1.807) is 6.07 Å². The van der Waals surface area contributed by atoms with Gasteiger partial charge in [-0.25, -0.2) is 18.1 Å². The molecule has 1 saturated heterocycles. The molecule has 1 saturated carbocycles. The second-order valence-electron chi connectivity index (χ2n) is 9.38. The van der Waals surface area contributed by atoms with Crippen molar-refractivity contribution in [3.05, 3.63) is 28.1 Å². The number of ether oxygens (including phenoxy) is 2. The highest BCUT2D eigenvalue weighted by atomic mass is 35.5. The zero-order chi connectivity index (χ0) is 24.8. The second-order valence-corrected chi connectivity index (χ2v) is 12.1. The molecule has 2 aromatic rings. The van der Waals surface area contributed by atoms with Crippen LogP contribution in [0.4, 0.5) is 0 Å². The van der Waals surface area contributed by atoms with Crippen LogP contribution < -0.4 is 4.72 Å². The molecule has 2 aromatic heterocycles. The number of aromatic nitrogens is 2. The topological polar surface area (TPSA) is 99.5 Å². The van der Waals surface area contributed by atoms with Gasteiger partial charge in [-0.1, -0.05) is 42.5 Å². The lowest BCUT2D eigenvalue weighted by Crippen LogP contribution is -2.43. The number of carbonyl (C=O) groups excluding carboxylic acids is 1. The van der Waals surface area contributed by atoms with E-state index in [4.69, 9.17) is 32.7 Å². The maximum Gasteiger partial charge on any atom is 0.214 e. The van der Waals surface area contributed by atoms with Crippen LogP contribution in [0.2, 0.25) is 10.3 Å². The number of pyridine rings is 1. The molecule has 4 rings (SSSR count). The summed E-state index contributed by atoms with van der Waals surface area (Å²) in [6.45, 7) is 1.44. The van der Waals surface area contributed by atoms with Gasteiger partial charge in [-0.05, 0) is 50.2 Å². The highest BCUT2D eigenvalue weighted by Crippen LogP contribution is 2.31. The Balaban J connectivity index is 1.53. The van der Waals surface area contributed by atoms with Crippen LogP contribution in [0.25, 0.3) is 10.9 Å². The number of nitrogens with zero attached hydrogens (tertiary/aromatic N) is 2. The fraction of sp³-hybridized carbons (Fsp3) is 0.667. The van der Waals surface area contributed by atoms with Crippen LogP contribution >= 0.6 is 23.2 Å². The van der Waals surface area contributed by atoms with Crippen LogP contribution in [-0.4, -0.2) is 55.1 Å². The fourth-order valence-corrected chi connectivity index (χ4v) is 7.34. The van der Waals surface area contributed by atoms with Crippen molar-refractivity contribution >= 4 is 50.4 Å². The van der Waals surface area contributed by atoms with Crippen LogP contribution in [0.3, 0.4) is 0 Å². The molecular formula is C24H33Cl2N3O5S. The lowest BCUT2D eigenvalue weighted by atomic mass is 10.0. The summed E-state index contributed by atoms with van der Waals surface area (Å²) < 4.78 is 42.3. The molecule has 0 aromatic carbocycles. The van der Waals surface area contributed by atoms with Crippen molar-refractivity contribution in [1.29, 1.82) is 0 Å². The number of hydrogen-bond acceptors (Lipinski definition) is 6. The summed E-state index contributed by atoms with van der Waals surface area (Å²) in [5.41, 5.74) is 1.66. The van der Waals surface area contributed by atoms with E-state index in [2.05, 4.69) is 9.71 Å². The third kappa shape index (κ3) is 6.96. The highest BCUT2D eigenvalue weighted by Gasteiger charge is 2.30. The van der Waals surface area contributed by atoms with E-state index in [0.29, 0.717) is 32.5 Å². The zero-order valence-electron chi connectivity index (χ0n) is 19.8. The van der Waals surface area contributed by atoms with Gasteiger partial charge in [0, 0.05) is 37.2 Å². The van der Waals surface area contributed by atoms with Gasteiger partial charge in [0.25, 0.3) is 0 Å². The smallest absolute Gasteiger partial charge is 0.214 e. The summed E-state index contributed by atoms with van der Waals surface area (Å²) in [6.07, 6.45) is 10.4. The molecule has 2 aliphatic rings. The van der Waals surface area contributed by atoms with Crippen molar-refractivity contribution in [3.8, 4) is 0 Å². The van der Waals surface area contributed by atoms with Gasteiger partial charge in [-0.3, -0.25) is 0 Å². The highest BCUT2D eigenvalue weighted by molar-refractivity contribution is 7.90. The first-order valence-electron chi connectivity index (χ1n) is 12.4. The number of halogens is 2. The Morgan fingerprint density at radius 1 is 1.20 bits per heavy atom. The quantitative estimate of drug-likeness (QED) is 0.326. The molecule has 1 aliphatic heterocycles. The summed E-state index contributed by atoms with van der Waals surface area (Å²) in [5.74, 6) is 0. The first-order chi connectivity index (χ1) is 16.9. The van der Waals surface area contributed by atoms with E-state index in [1.165, 1.54) is 0 Å². The molecule has 35 heavy (non-hydrogen) atoms. The summed E-state index contributed by atoms with van der Waals surface area (Å²) >= 11 is 12.7. The van der Waals surface area contributed by atoms with Gasteiger partial charge < -0.3 is 18.8 Å². The minimum atomic E-state index is -3.53. The molecule has 0 amide bonds. The molecule has 1 unspecified atom stereocenters. The predicted octanol–water partition coefficient (Wildman–Crippen LogP) is 4.64. The summed E-state index contributed by atoms with van der Waals surface area (Å²) in [7, 11) is -3.53. The van der Waals surface area contributed by atoms with Crippen LogP contribution in [0.15, 0.2) is 12.3 Å². The third-order valence-corrected chi connectivity index (χ3v) is 9.28. The Bertz CT molecular complexity index is 1110. The molecule has 1 N–H and O–H groups in total. The molecule has 11 heteroatoms. The predicted molar refractivity (Wildman–Crippen MR) is 136 cm³/mol. The van der Waals surface area contributed by atoms with Gasteiger partial charge in [-0.15, -0.1) is 0 Å². The zero-order valence-corrected chi connectivity index (χ0v) is 22.1. The minimum absolute atomic E-state index is 0.0651. The van der Waals surface area contributed by atoms with Gasteiger partial charge in [-0.2, -0.15) is 0 Å². The number of carbonyl (C=O) groups is 1. The Hall–Kier alpha value is -1.23. The number of hydrogen-bond donors (Lipinski definition) is 1. The first-order valence-corrected chi connectivity index (χ1v) is 14.7. The Labute approximate surface area is 216 Å². The SMILES string of the molecule is O=CC[C@H](Cn1cc(CCOC2CCCCO2)c2c(Cl)nc(Cl)cc21)NS(=O)(=O)C1CCCCC1. The Morgan fingerprint density at radius 3 is 2.69 bits per heavy atom. The van der Waals surface area contributed by atoms with E-state index >= 15 is 0 Å². The Kier molecular flexibility index (Phi) is 9.46. The number of sulfonamides is 1. The largest absolute Gasteiger partial charge is 0.353 e. The van der Waals surface area contributed by atoms with Crippen molar-refractivity contribution in [2.45, 2.75) is 88.3 Å². The summed E-state index contributed by atoms with van der Waals surface area (Å²) in [5, 5.41) is 0.874. The molecule has 0 radical (unpaired) electrons. The van der Waals surface area contributed by atoms with E-state index in [9.17, 15) is 13.2 Å². The van der Waals surface area contributed by atoms with Gasteiger partial charge >= 0.3 is 0 Å². The number of fused-ring (bicyclic) bond motifs is 1. The molecule has 0 spiro atoms. The van der Waals surface area contributed by atoms with E-state index in [1.807, 2.05) is 10.8 Å². The molecular weight excluding hydrogens is 513 g/mol. The molecule has 8 nitrogen and oxygen atoms in total. The van der Waals surface area contributed by atoms with Crippen LogP contribution in [0.1, 0.15) is 63.4 Å². The average molecular weight is 547 g/mol. The molecule has 0 bridgehead atoms. The minimum Gasteiger partial charge on any atom is -0.353 e. The lowest BCUT2D eigenvalue weighted by molar-refractivity contribution is -0.161. The van der Waals surface area contributed by atoms with Crippen molar-refractivity contribution in [1.82, 2.24) is 14.3 Å². The van der Waals surface area contributed by atoms with Crippen molar-refractivity contribution in [2.75, 3.05) is 13.2 Å². The first kappa shape index (κ1) is 26.8. The maximum atomic E-state index is 13.0. The van der Waals surface area contributed by atoms with Gasteiger partial charge in [0.15, 0.2) is 6.29 Å². The van der Waals surface area contributed by atoms with Crippen molar-refractivity contribution < 1.29 is 22.7 Å². The normalized spacial score (nSPS) is 20.8.